The summed E-state index contributed by atoms with van der Waals surface area (Å²) in [6, 6.07) is 19.6. The first-order valence-corrected chi connectivity index (χ1v) is 11.2. The van der Waals surface area contributed by atoms with Crippen LogP contribution < -0.4 is 10.4 Å². The third kappa shape index (κ3) is 4.49. The molecule has 0 N–H and O–H groups in total. The van der Waals surface area contributed by atoms with Crippen molar-refractivity contribution in [1.82, 2.24) is 0 Å². The van der Waals surface area contributed by atoms with Gasteiger partial charge in [-0.05, 0) is 15.4 Å². The molecule has 0 aliphatic carbocycles. The summed E-state index contributed by atoms with van der Waals surface area (Å²) >= 11 is 0. The molecule has 0 saturated carbocycles. The number of methoxy groups -OCH3 is 2. The summed E-state index contributed by atoms with van der Waals surface area (Å²) < 4.78 is 16.4. The summed E-state index contributed by atoms with van der Waals surface area (Å²) in [5.41, 5.74) is -0.0904. The van der Waals surface area contributed by atoms with Crippen LogP contribution in [0.5, 0.6) is 0 Å². The van der Waals surface area contributed by atoms with Crippen LogP contribution in [0.4, 0.5) is 0 Å². The van der Waals surface area contributed by atoms with Gasteiger partial charge in [-0.15, -0.1) is 0 Å². The third-order valence-electron chi connectivity index (χ3n) is 4.89. The van der Waals surface area contributed by atoms with E-state index in [9.17, 15) is 9.59 Å². The van der Waals surface area contributed by atoms with E-state index in [1.807, 2.05) is 60.7 Å². The predicted octanol–water partition coefficient (Wildman–Crippen LogP) is 2.83. The Kier molecular flexibility index (Phi) is 7.16. The lowest BCUT2D eigenvalue weighted by Crippen LogP contribution is -2.68. The van der Waals surface area contributed by atoms with E-state index in [-0.39, 0.29) is 10.6 Å². The monoisotopic (exact) mass is 412 g/mol. The fourth-order valence-electron chi connectivity index (χ4n) is 3.47. The number of carbonyl (C=O) groups is 2. The van der Waals surface area contributed by atoms with Crippen LogP contribution in [0.15, 0.2) is 72.8 Å². The van der Waals surface area contributed by atoms with Gasteiger partial charge in [-0.1, -0.05) is 88.0 Å². The Morgan fingerprint density at radius 3 is 1.66 bits per heavy atom. The molecule has 2 aromatic carbocycles. The maximum atomic E-state index is 12.6. The van der Waals surface area contributed by atoms with Crippen molar-refractivity contribution in [2.75, 3.05) is 14.2 Å². The normalized spacial score (nSPS) is 12.7. The first-order valence-electron chi connectivity index (χ1n) is 9.33. The number of carbonyl (C=O) groups excluding carboxylic acids is 2. The predicted molar refractivity (Wildman–Crippen MR) is 116 cm³/mol. The largest absolute Gasteiger partial charge is 0.467 e. The Balaban J connectivity index is 2.77. The molecule has 0 aromatic heterocycles. The first-order chi connectivity index (χ1) is 13.7. The molecule has 5 nitrogen and oxygen atoms in total. The number of hydrogen-bond acceptors (Lipinski definition) is 5. The quantitative estimate of drug-likeness (QED) is 0.398. The second kappa shape index (κ2) is 9.20. The highest BCUT2D eigenvalue weighted by atomic mass is 28.4. The van der Waals surface area contributed by atoms with Crippen LogP contribution in [-0.2, 0) is 23.5 Å². The maximum Gasteiger partial charge on any atom is 0.338 e. The lowest BCUT2D eigenvalue weighted by atomic mass is 10.2. The Morgan fingerprint density at radius 2 is 1.31 bits per heavy atom. The van der Waals surface area contributed by atoms with Gasteiger partial charge >= 0.3 is 11.9 Å². The minimum absolute atomic E-state index is 0.0904. The van der Waals surface area contributed by atoms with Crippen LogP contribution in [0, 0.1) is 0 Å². The highest BCUT2D eigenvalue weighted by Crippen LogP contribution is 2.38. The smallest absolute Gasteiger partial charge is 0.338 e. The minimum atomic E-state index is -3.08. The summed E-state index contributed by atoms with van der Waals surface area (Å²) in [4.78, 5) is 24.8. The van der Waals surface area contributed by atoms with E-state index < -0.39 is 26.4 Å². The van der Waals surface area contributed by atoms with E-state index in [2.05, 4.69) is 27.4 Å². The van der Waals surface area contributed by atoms with Crippen molar-refractivity contribution < 1.29 is 23.5 Å². The number of benzene rings is 2. The standard InChI is InChI=1S/C23H28O5Si/c1-17(21(24)26-5)20(22(25)27-6)28-29(23(2,3)4,18-13-9-7-10-14-18)19-15-11-8-12-16-19/h7-16,20H,1H2,2-6H3/t20-/m1/s1. The molecule has 0 aliphatic rings. The zero-order valence-electron chi connectivity index (χ0n) is 17.6. The topological polar surface area (TPSA) is 61.8 Å². The molecule has 0 saturated heterocycles. The van der Waals surface area contributed by atoms with Gasteiger partial charge in [-0.2, -0.15) is 0 Å². The maximum absolute atomic E-state index is 12.6. The van der Waals surface area contributed by atoms with Crippen LogP contribution in [0.25, 0.3) is 0 Å². The molecule has 0 unspecified atom stereocenters. The van der Waals surface area contributed by atoms with Gasteiger partial charge in [0.2, 0.25) is 0 Å². The molecule has 0 amide bonds. The van der Waals surface area contributed by atoms with Crippen molar-refractivity contribution in [3.8, 4) is 0 Å². The summed E-state index contributed by atoms with van der Waals surface area (Å²) in [6.45, 7) is 10.0. The minimum Gasteiger partial charge on any atom is -0.467 e. The molecule has 0 spiro atoms. The average molecular weight is 413 g/mol. The number of ether oxygens (including phenoxy) is 2. The van der Waals surface area contributed by atoms with E-state index in [0.717, 1.165) is 10.4 Å². The fourth-order valence-corrected chi connectivity index (χ4v) is 8.08. The van der Waals surface area contributed by atoms with E-state index in [4.69, 9.17) is 13.9 Å². The highest BCUT2D eigenvalue weighted by molar-refractivity contribution is 6.99. The van der Waals surface area contributed by atoms with Crippen molar-refractivity contribution in [2.24, 2.45) is 0 Å². The van der Waals surface area contributed by atoms with Gasteiger partial charge in [0, 0.05) is 0 Å². The zero-order chi connectivity index (χ0) is 21.7. The van der Waals surface area contributed by atoms with Gasteiger partial charge in [0.15, 0.2) is 6.10 Å². The molecule has 0 heterocycles. The van der Waals surface area contributed by atoms with Gasteiger partial charge in [0.05, 0.1) is 19.8 Å². The number of rotatable bonds is 7. The van der Waals surface area contributed by atoms with Crippen LogP contribution in [0.2, 0.25) is 5.04 Å². The zero-order valence-corrected chi connectivity index (χ0v) is 18.6. The van der Waals surface area contributed by atoms with Crippen LogP contribution >= 0.6 is 0 Å². The molecule has 0 fully saturated rings. The molecule has 6 heteroatoms. The first kappa shape index (κ1) is 22.6. The van der Waals surface area contributed by atoms with Crippen molar-refractivity contribution >= 4 is 30.6 Å². The van der Waals surface area contributed by atoms with Crippen molar-refractivity contribution in [3.05, 3.63) is 72.8 Å². The third-order valence-corrected chi connectivity index (χ3v) is 9.89. The van der Waals surface area contributed by atoms with Crippen LogP contribution in [0.3, 0.4) is 0 Å². The second-order valence-electron chi connectivity index (χ2n) is 7.70. The van der Waals surface area contributed by atoms with Gasteiger partial charge in [0.25, 0.3) is 8.32 Å². The van der Waals surface area contributed by atoms with Gasteiger partial charge < -0.3 is 13.9 Å². The summed E-state index contributed by atoms with van der Waals surface area (Å²) in [5.74, 6) is -1.40. The lowest BCUT2D eigenvalue weighted by molar-refractivity contribution is -0.150. The molecule has 29 heavy (non-hydrogen) atoms. The van der Waals surface area contributed by atoms with Gasteiger partial charge in [-0.25, -0.2) is 9.59 Å². The molecule has 0 bridgehead atoms. The van der Waals surface area contributed by atoms with E-state index in [0.29, 0.717) is 0 Å². The van der Waals surface area contributed by atoms with Gasteiger partial charge in [0.1, 0.15) is 0 Å². The Morgan fingerprint density at radius 1 is 0.862 bits per heavy atom. The molecular formula is C23H28O5Si. The lowest BCUT2D eigenvalue weighted by Gasteiger charge is -2.44. The summed E-state index contributed by atoms with van der Waals surface area (Å²) in [5, 5.41) is 1.58. The molecular weight excluding hydrogens is 384 g/mol. The SMILES string of the molecule is C=C(C(=O)OC)[C@@H](O[Si](c1ccccc1)(c1ccccc1)C(C)(C)C)C(=O)OC. The van der Waals surface area contributed by atoms with Crippen molar-refractivity contribution in [1.29, 1.82) is 0 Å². The van der Waals surface area contributed by atoms with Crippen molar-refractivity contribution in [2.45, 2.75) is 31.9 Å². The van der Waals surface area contributed by atoms with E-state index in [1.165, 1.54) is 14.2 Å². The Hall–Kier alpha value is -2.70. The van der Waals surface area contributed by atoms with E-state index in [1.54, 1.807) is 0 Å². The van der Waals surface area contributed by atoms with Crippen LogP contribution in [0.1, 0.15) is 20.8 Å². The molecule has 2 aromatic rings. The fraction of sp³-hybridized carbons (Fsp3) is 0.304. The Labute approximate surface area is 173 Å². The number of hydrogen-bond donors (Lipinski definition) is 0. The van der Waals surface area contributed by atoms with E-state index >= 15 is 0 Å². The summed E-state index contributed by atoms with van der Waals surface area (Å²) in [6.07, 6.45) is -1.28. The molecule has 154 valence electrons. The molecule has 2 rings (SSSR count). The van der Waals surface area contributed by atoms with Gasteiger partial charge in [-0.3, -0.25) is 0 Å². The summed E-state index contributed by atoms with van der Waals surface area (Å²) in [7, 11) is -0.583. The van der Waals surface area contributed by atoms with Crippen molar-refractivity contribution in [3.63, 3.8) is 0 Å². The molecule has 0 radical (unpaired) electrons. The highest BCUT2D eigenvalue weighted by Gasteiger charge is 2.53. The second-order valence-corrected chi connectivity index (χ2v) is 12.0. The average Bonchev–Trinajstić information content (AvgIpc) is 2.73. The number of esters is 2. The Bertz CT molecular complexity index is 816. The molecule has 1 atom stereocenters. The van der Waals surface area contributed by atoms with Crippen LogP contribution in [-0.4, -0.2) is 40.6 Å². The molecule has 0 aliphatic heterocycles.